The smallest absolute Gasteiger partial charge is 0.104 e. The van der Waals surface area contributed by atoms with Gasteiger partial charge in [-0.3, -0.25) is 0 Å². The van der Waals surface area contributed by atoms with Gasteiger partial charge in [-0.15, -0.1) is 0 Å². The number of aliphatic hydroxyl groups is 1. The van der Waals surface area contributed by atoms with Crippen LogP contribution in [0.15, 0.2) is 42.5 Å². The molecule has 1 N–H and O–H groups in total. The number of hydrogen-bond donors (Lipinski definition) is 1. The van der Waals surface area contributed by atoms with Gasteiger partial charge < -0.3 is 5.11 Å². The Labute approximate surface area is 120 Å². The molecule has 0 spiro atoms. The second kappa shape index (κ2) is 5.38. The van der Waals surface area contributed by atoms with Crippen molar-refractivity contribution in [3.05, 3.63) is 67.7 Å². The van der Waals surface area contributed by atoms with Crippen molar-refractivity contribution in [2.75, 3.05) is 0 Å². The molecule has 0 saturated carbocycles. The van der Waals surface area contributed by atoms with Crippen molar-refractivity contribution in [1.29, 1.82) is 0 Å². The van der Waals surface area contributed by atoms with Crippen molar-refractivity contribution < 1.29 is 5.11 Å². The number of aliphatic hydroxyl groups excluding tert-OH is 1. The predicted molar refractivity (Wildman–Crippen MR) is 79.4 cm³/mol. The first-order chi connectivity index (χ1) is 8.09. The van der Waals surface area contributed by atoms with Crippen LogP contribution in [0.5, 0.6) is 0 Å². The predicted octanol–water partition coefficient (Wildman–Crippen LogP) is 4.33. The molecule has 2 aromatic carbocycles. The molecule has 0 bridgehead atoms. The first kappa shape index (κ1) is 12.9. The molecule has 2 rings (SSSR count). The Bertz CT molecular complexity index is 539. The first-order valence-corrected chi connectivity index (χ1v) is 6.74. The number of halogens is 2. The minimum Gasteiger partial charge on any atom is -0.384 e. The fraction of sp³-hybridized carbons (Fsp3) is 0.143. The van der Waals surface area contributed by atoms with E-state index in [4.69, 9.17) is 11.6 Å². The second-order valence-electron chi connectivity index (χ2n) is 3.93. The van der Waals surface area contributed by atoms with Crippen molar-refractivity contribution in [2.45, 2.75) is 13.0 Å². The molecule has 0 radical (unpaired) electrons. The Balaban J connectivity index is 2.40. The van der Waals surface area contributed by atoms with E-state index in [0.29, 0.717) is 5.02 Å². The molecular formula is C14H12ClIO. The molecule has 1 unspecified atom stereocenters. The van der Waals surface area contributed by atoms with Crippen molar-refractivity contribution in [3.8, 4) is 0 Å². The van der Waals surface area contributed by atoms with Crippen molar-refractivity contribution in [2.24, 2.45) is 0 Å². The van der Waals surface area contributed by atoms with E-state index in [9.17, 15) is 5.11 Å². The minimum atomic E-state index is -0.620. The maximum absolute atomic E-state index is 10.3. The van der Waals surface area contributed by atoms with Crippen LogP contribution in [-0.4, -0.2) is 5.11 Å². The summed E-state index contributed by atoms with van der Waals surface area (Å²) in [6, 6.07) is 13.5. The average Bonchev–Trinajstić information content (AvgIpc) is 2.32. The fourth-order valence-corrected chi connectivity index (χ4v) is 2.28. The highest BCUT2D eigenvalue weighted by Gasteiger charge is 2.13. The average molecular weight is 359 g/mol. The lowest BCUT2D eigenvalue weighted by atomic mass is 9.98. The van der Waals surface area contributed by atoms with Gasteiger partial charge in [-0.05, 0) is 58.3 Å². The van der Waals surface area contributed by atoms with Crippen molar-refractivity contribution >= 4 is 34.2 Å². The van der Waals surface area contributed by atoms with E-state index in [0.717, 1.165) is 20.3 Å². The van der Waals surface area contributed by atoms with E-state index in [2.05, 4.69) is 22.6 Å². The summed E-state index contributed by atoms with van der Waals surface area (Å²) in [5, 5.41) is 11.0. The maximum atomic E-state index is 10.3. The van der Waals surface area contributed by atoms with Crippen LogP contribution in [0.4, 0.5) is 0 Å². The van der Waals surface area contributed by atoms with Crippen molar-refractivity contribution in [1.82, 2.24) is 0 Å². The molecular weight excluding hydrogens is 347 g/mol. The van der Waals surface area contributed by atoms with E-state index >= 15 is 0 Å². The summed E-state index contributed by atoms with van der Waals surface area (Å²) < 4.78 is 0.991. The summed E-state index contributed by atoms with van der Waals surface area (Å²) in [7, 11) is 0. The SMILES string of the molecule is Cc1ccccc1C(O)c1ccc(I)c(Cl)c1. The van der Waals surface area contributed by atoms with E-state index in [1.165, 1.54) is 0 Å². The van der Waals surface area contributed by atoms with E-state index in [1.807, 2.05) is 49.4 Å². The van der Waals surface area contributed by atoms with Crippen LogP contribution in [0, 0.1) is 10.5 Å². The Morgan fingerprint density at radius 2 is 1.88 bits per heavy atom. The lowest BCUT2D eigenvalue weighted by Crippen LogP contribution is -2.01. The Hall–Kier alpha value is -0.580. The molecule has 0 saturated heterocycles. The summed E-state index contributed by atoms with van der Waals surface area (Å²) in [5.41, 5.74) is 2.82. The van der Waals surface area contributed by atoms with Crippen LogP contribution in [0.1, 0.15) is 22.8 Å². The highest BCUT2D eigenvalue weighted by atomic mass is 127. The van der Waals surface area contributed by atoms with Gasteiger partial charge in [0.05, 0.1) is 5.02 Å². The topological polar surface area (TPSA) is 20.2 Å². The second-order valence-corrected chi connectivity index (χ2v) is 5.50. The lowest BCUT2D eigenvalue weighted by Gasteiger charge is -2.14. The fourth-order valence-electron chi connectivity index (χ4n) is 1.76. The molecule has 0 aliphatic heterocycles. The maximum Gasteiger partial charge on any atom is 0.104 e. The van der Waals surface area contributed by atoms with Gasteiger partial charge in [0, 0.05) is 3.57 Å². The van der Waals surface area contributed by atoms with Gasteiger partial charge in [-0.2, -0.15) is 0 Å². The summed E-state index contributed by atoms with van der Waals surface area (Å²) in [6.07, 6.45) is -0.620. The minimum absolute atomic E-state index is 0.620. The molecule has 1 atom stereocenters. The molecule has 1 nitrogen and oxygen atoms in total. The summed E-state index contributed by atoms with van der Waals surface area (Å²) in [4.78, 5) is 0. The molecule has 88 valence electrons. The van der Waals surface area contributed by atoms with Crippen LogP contribution in [0.25, 0.3) is 0 Å². The zero-order chi connectivity index (χ0) is 12.4. The van der Waals surface area contributed by atoms with Crippen LogP contribution in [0.3, 0.4) is 0 Å². The first-order valence-electron chi connectivity index (χ1n) is 5.28. The highest BCUT2D eigenvalue weighted by molar-refractivity contribution is 14.1. The van der Waals surface area contributed by atoms with Crippen LogP contribution >= 0.6 is 34.2 Å². The summed E-state index contributed by atoms with van der Waals surface area (Å²) in [6.45, 7) is 1.99. The van der Waals surface area contributed by atoms with E-state index in [-0.39, 0.29) is 0 Å². The molecule has 0 aromatic heterocycles. The number of aryl methyl sites for hydroxylation is 1. The highest BCUT2D eigenvalue weighted by Crippen LogP contribution is 2.28. The molecule has 0 aliphatic carbocycles. The van der Waals surface area contributed by atoms with Crippen molar-refractivity contribution in [3.63, 3.8) is 0 Å². The Morgan fingerprint density at radius 1 is 1.18 bits per heavy atom. The van der Waals surface area contributed by atoms with Gasteiger partial charge in [-0.1, -0.05) is 41.9 Å². The van der Waals surface area contributed by atoms with E-state index in [1.54, 1.807) is 0 Å². The number of benzene rings is 2. The third-order valence-corrected chi connectivity index (χ3v) is 4.31. The van der Waals surface area contributed by atoms with Gasteiger partial charge in [0.25, 0.3) is 0 Å². The molecule has 0 amide bonds. The van der Waals surface area contributed by atoms with Crippen LogP contribution < -0.4 is 0 Å². The molecule has 17 heavy (non-hydrogen) atoms. The van der Waals surface area contributed by atoms with Gasteiger partial charge in [0.1, 0.15) is 6.10 Å². The largest absolute Gasteiger partial charge is 0.384 e. The molecule has 3 heteroatoms. The summed E-state index contributed by atoms with van der Waals surface area (Å²) >= 11 is 8.24. The van der Waals surface area contributed by atoms with Gasteiger partial charge in [0.15, 0.2) is 0 Å². The van der Waals surface area contributed by atoms with Crippen LogP contribution in [-0.2, 0) is 0 Å². The number of rotatable bonds is 2. The van der Waals surface area contributed by atoms with Gasteiger partial charge in [-0.25, -0.2) is 0 Å². The lowest BCUT2D eigenvalue weighted by molar-refractivity contribution is 0.219. The number of hydrogen-bond acceptors (Lipinski definition) is 1. The Morgan fingerprint density at radius 3 is 2.53 bits per heavy atom. The zero-order valence-corrected chi connectivity index (χ0v) is 12.2. The van der Waals surface area contributed by atoms with Gasteiger partial charge >= 0.3 is 0 Å². The standard InChI is InChI=1S/C14H12ClIO/c1-9-4-2-3-5-11(9)14(17)10-6-7-13(16)12(15)8-10/h2-8,14,17H,1H3. The quantitative estimate of drug-likeness (QED) is 0.792. The molecule has 0 fully saturated rings. The Kier molecular flexibility index (Phi) is 4.07. The molecule has 2 aromatic rings. The third-order valence-electron chi connectivity index (χ3n) is 2.74. The van der Waals surface area contributed by atoms with E-state index < -0.39 is 6.10 Å². The van der Waals surface area contributed by atoms with Crippen LogP contribution in [0.2, 0.25) is 5.02 Å². The monoisotopic (exact) mass is 358 g/mol. The normalized spacial score (nSPS) is 12.5. The summed E-state index contributed by atoms with van der Waals surface area (Å²) in [5.74, 6) is 0. The van der Waals surface area contributed by atoms with Gasteiger partial charge in [0.2, 0.25) is 0 Å². The molecule has 0 heterocycles. The third kappa shape index (κ3) is 2.81. The zero-order valence-electron chi connectivity index (χ0n) is 9.32. The molecule has 0 aliphatic rings.